The van der Waals surface area contributed by atoms with Crippen LogP contribution in [0.5, 0.6) is 0 Å². The smallest absolute Gasteiger partial charge is 0.221 e. The van der Waals surface area contributed by atoms with Crippen molar-refractivity contribution in [2.24, 2.45) is 11.5 Å². The van der Waals surface area contributed by atoms with Gasteiger partial charge in [0.2, 0.25) is 5.91 Å². The van der Waals surface area contributed by atoms with Gasteiger partial charge in [0.1, 0.15) is 0 Å². The Morgan fingerprint density at radius 2 is 2.11 bits per heavy atom. The molecule has 0 aromatic rings. The Balaban J connectivity index is 2.83. The van der Waals surface area contributed by atoms with E-state index in [4.69, 9.17) is 11.5 Å². The SMILES string of the molecule is NCCCC[CH]C(N)=O. The molecule has 1 amide bonds. The fraction of sp³-hybridized carbons (Fsp3) is 0.667. The highest BCUT2D eigenvalue weighted by molar-refractivity contribution is 5.82. The number of hydrogen-bond donors (Lipinski definition) is 2. The number of carbonyl (C=O) groups is 1. The third-order valence-electron chi connectivity index (χ3n) is 1.00. The maximum Gasteiger partial charge on any atom is 0.221 e. The number of nitrogens with two attached hydrogens (primary N) is 2. The van der Waals surface area contributed by atoms with Crippen LogP contribution in [0, 0.1) is 6.42 Å². The molecule has 0 spiro atoms. The Labute approximate surface area is 55.4 Å². The monoisotopic (exact) mass is 129 g/mol. The lowest BCUT2D eigenvalue weighted by Crippen LogP contribution is -2.10. The topological polar surface area (TPSA) is 69.1 Å². The van der Waals surface area contributed by atoms with Crippen LogP contribution in [0.2, 0.25) is 0 Å². The van der Waals surface area contributed by atoms with Crippen molar-refractivity contribution in [3.8, 4) is 0 Å². The minimum absolute atomic E-state index is 0.341. The third-order valence-corrected chi connectivity index (χ3v) is 1.00. The Morgan fingerprint density at radius 1 is 1.44 bits per heavy atom. The van der Waals surface area contributed by atoms with Crippen molar-refractivity contribution in [1.82, 2.24) is 0 Å². The second kappa shape index (κ2) is 5.56. The predicted octanol–water partition coefficient (Wildman–Crippen LogP) is -0.195. The molecule has 0 aromatic carbocycles. The number of carbonyl (C=O) groups excluding carboxylic acids is 1. The minimum atomic E-state index is -0.341. The van der Waals surface area contributed by atoms with E-state index in [1.54, 1.807) is 0 Å². The highest BCUT2D eigenvalue weighted by atomic mass is 16.1. The van der Waals surface area contributed by atoms with Gasteiger partial charge in [-0.1, -0.05) is 6.42 Å². The van der Waals surface area contributed by atoms with E-state index in [9.17, 15) is 4.79 Å². The number of unbranched alkanes of at least 4 members (excludes halogenated alkanes) is 2. The highest BCUT2D eigenvalue weighted by Gasteiger charge is 1.92. The molecular formula is C6H13N2O. The van der Waals surface area contributed by atoms with Crippen molar-refractivity contribution in [2.75, 3.05) is 6.54 Å². The molecular weight excluding hydrogens is 116 g/mol. The van der Waals surface area contributed by atoms with Crippen LogP contribution >= 0.6 is 0 Å². The first-order valence-electron chi connectivity index (χ1n) is 3.10. The van der Waals surface area contributed by atoms with E-state index in [1.165, 1.54) is 6.42 Å². The summed E-state index contributed by atoms with van der Waals surface area (Å²) in [6.07, 6.45) is 4.16. The number of hydrogen-bond acceptors (Lipinski definition) is 2. The average molecular weight is 129 g/mol. The van der Waals surface area contributed by atoms with Crippen molar-refractivity contribution in [1.29, 1.82) is 0 Å². The van der Waals surface area contributed by atoms with Crippen LogP contribution in [0.15, 0.2) is 0 Å². The summed E-state index contributed by atoms with van der Waals surface area (Å²) >= 11 is 0. The van der Waals surface area contributed by atoms with Crippen LogP contribution in [0.3, 0.4) is 0 Å². The van der Waals surface area contributed by atoms with Gasteiger partial charge in [-0.3, -0.25) is 4.79 Å². The van der Waals surface area contributed by atoms with Crippen LogP contribution in [-0.2, 0) is 4.79 Å². The summed E-state index contributed by atoms with van der Waals surface area (Å²) in [7, 11) is 0. The van der Waals surface area contributed by atoms with Gasteiger partial charge in [-0.25, -0.2) is 0 Å². The first-order valence-corrected chi connectivity index (χ1v) is 3.10. The second-order valence-electron chi connectivity index (χ2n) is 1.89. The second-order valence-corrected chi connectivity index (χ2v) is 1.89. The van der Waals surface area contributed by atoms with Gasteiger partial charge in [0, 0.05) is 6.42 Å². The molecule has 4 N–H and O–H groups in total. The van der Waals surface area contributed by atoms with Gasteiger partial charge in [-0.2, -0.15) is 0 Å². The summed E-state index contributed by atoms with van der Waals surface area (Å²) in [5, 5.41) is 0. The zero-order chi connectivity index (χ0) is 7.11. The molecule has 1 radical (unpaired) electrons. The lowest BCUT2D eigenvalue weighted by molar-refractivity contribution is -0.115. The quantitative estimate of drug-likeness (QED) is 0.505. The Morgan fingerprint density at radius 3 is 2.56 bits per heavy atom. The van der Waals surface area contributed by atoms with Crippen molar-refractivity contribution in [3.63, 3.8) is 0 Å². The molecule has 0 fully saturated rings. The molecule has 0 aliphatic carbocycles. The summed E-state index contributed by atoms with van der Waals surface area (Å²) in [6.45, 7) is 0.687. The minimum Gasteiger partial charge on any atom is -0.369 e. The first-order chi connectivity index (χ1) is 4.27. The van der Waals surface area contributed by atoms with Crippen molar-refractivity contribution in [2.45, 2.75) is 19.3 Å². The first kappa shape index (κ1) is 8.43. The van der Waals surface area contributed by atoms with Crippen LogP contribution in [-0.4, -0.2) is 12.5 Å². The summed E-state index contributed by atoms with van der Waals surface area (Å²) < 4.78 is 0. The molecule has 53 valence electrons. The Kier molecular flexibility index (Phi) is 5.21. The number of rotatable bonds is 5. The van der Waals surface area contributed by atoms with Crippen LogP contribution in [0.1, 0.15) is 19.3 Å². The lowest BCUT2D eigenvalue weighted by atomic mass is 10.2. The lowest BCUT2D eigenvalue weighted by Gasteiger charge is -1.93. The van der Waals surface area contributed by atoms with E-state index in [0.717, 1.165) is 19.3 Å². The van der Waals surface area contributed by atoms with Crippen molar-refractivity contribution >= 4 is 5.91 Å². The average Bonchev–Trinajstić information content (AvgIpc) is 1.80. The van der Waals surface area contributed by atoms with Crippen molar-refractivity contribution in [3.05, 3.63) is 6.42 Å². The molecule has 0 saturated carbocycles. The van der Waals surface area contributed by atoms with Crippen LogP contribution in [0.4, 0.5) is 0 Å². The molecule has 0 aromatic heterocycles. The van der Waals surface area contributed by atoms with Gasteiger partial charge in [0.05, 0.1) is 0 Å². The van der Waals surface area contributed by atoms with E-state index in [2.05, 4.69) is 0 Å². The number of primary amides is 1. The maximum absolute atomic E-state index is 10.1. The molecule has 0 aliphatic rings. The van der Waals surface area contributed by atoms with E-state index in [-0.39, 0.29) is 5.91 Å². The summed E-state index contributed by atoms with van der Waals surface area (Å²) in [5.74, 6) is -0.341. The molecule has 0 aliphatic heterocycles. The Bertz CT molecular complexity index is 83.1. The maximum atomic E-state index is 10.1. The van der Waals surface area contributed by atoms with Crippen molar-refractivity contribution < 1.29 is 4.79 Å². The van der Waals surface area contributed by atoms with Gasteiger partial charge in [0.15, 0.2) is 0 Å². The molecule has 0 saturated heterocycles. The van der Waals surface area contributed by atoms with Gasteiger partial charge >= 0.3 is 0 Å². The van der Waals surface area contributed by atoms with Gasteiger partial charge < -0.3 is 11.5 Å². The number of amides is 1. The standard InChI is InChI=1S/C6H13N2O/c7-5-3-1-2-4-6(8)9/h4H,1-3,5,7H2,(H2,8,9). The van der Waals surface area contributed by atoms with Gasteiger partial charge in [0.25, 0.3) is 0 Å². The van der Waals surface area contributed by atoms with Crippen LogP contribution < -0.4 is 11.5 Å². The fourth-order valence-corrected chi connectivity index (χ4v) is 0.533. The van der Waals surface area contributed by atoms with Crippen LogP contribution in [0.25, 0.3) is 0 Å². The molecule has 0 heterocycles. The molecule has 0 bridgehead atoms. The Hall–Kier alpha value is -0.570. The largest absolute Gasteiger partial charge is 0.369 e. The van der Waals surface area contributed by atoms with Gasteiger partial charge in [-0.15, -0.1) is 0 Å². The predicted molar refractivity (Wildman–Crippen MR) is 36.4 cm³/mol. The third kappa shape index (κ3) is 7.43. The fourth-order valence-electron chi connectivity index (χ4n) is 0.533. The molecule has 0 unspecified atom stereocenters. The van der Waals surface area contributed by atoms with E-state index < -0.39 is 0 Å². The van der Waals surface area contributed by atoms with E-state index in [1.807, 2.05) is 0 Å². The van der Waals surface area contributed by atoms with E-state index >= 15 is 0 Å². The zero-order valence-corrected chi connectivity index (χ0v) is 5.47. The summed E-state index contributed by atoms with van der Waals surface area (Å²) in [5.41, 5.74) is 10.1. The summed E-state index contributed by atoms with van der Waals surface area (Å²) in [6, 6.07) is 0. The highest BCUT2D eigenvalue weighted by Crippen LogP contribution is 1.95. The summed E-state index contributed by atoms with van der Waals surface area (Å²) in [4.78, 5) is 10.1. The molecule has 3 heteroatoms. The molecule has 9 heavy (non-hydrogen) atoms. The van der Waals surface area contributed by atoms with Gasteiger partial charge in [-0.05, 0) is 19.4 Å². The van der Waals surface area contributed by atoms with E-state index in [0.29, 0.717) is 6.54 Å². The normalized spacial score (nSPS) is 9.44. The zero-order valence-electron chi connectivity index (χ0n) is 5.47. The molecule has 3 nitrogen and oxygen atoms in total. The molecule has 0 atom stereocenters. The molecule has 0 rings (SSSR count).